The van der Waals surface area contributed by atoms with Gasteiger partial charge in [-0.2, -0.15) is 0 Å². The van der Waals surface area contributed by atoms with Gasteiger partial charge in [-0.1, -0.05) is 42.0 Å². The minimum Gasteiger partial charge on any atom is -0.380 e. The number of likely N-dealkylation sites (tertiary alicyclic amines) is 1. The molecule has 0 spiro atoms. The van der Waals surface area contributed by atoms with Crippen molar-refractivity contribution in [1.29, 1.82) is 0 Å². The van der Waals surface area contributed by atoms with Crippen LogP contribution in [0.15, 0.2) is 48.5 Å². The van der Waals surface area contributed by atoms with E-state index in [2.05, 4.69) is 5.32 Å². The van der Waals surface area contributed by atoms with Crippen molar-refractivity contribution < 1.29 is 14.3 Å². The van der Waals surface area contributed by atoms with Crippen LogP contribution in [0, 0.1) is 12.8 Å². The molecule has 28 heavy (non-hydrogen) atoms. The molecule has 1 aliphatic heterocycles. The van der Waals surface area contributed by atoms with Crippen LogP contribution >= 0.6 is 0 Å². The second-order valence-corrected chi connectivity index (χ2v) is 7.42. The summed E-state index contributed by atoms with van der Waals surface area (Å²) in [6.45, 7) is 4.26. The summed E-state index contributed by atoms with van der Waals surface area (Å²) in [7, 11) is 1.67. The van der Waals surface area contributed by atoms with Gasteiger partial charge in [0, 0.05) is 32.3 Å². The molecule has 2 amide bonds. The smallest absolute Gasteiger partial charge is 0.253 e. The number of aryl methyl sites for hydroxylation is 1. The van der Waals surface area contributed by atoms with Crippen molar-refractivity contribution in [2.24, 2.45) is 5.92 Å². The zero-order chi connectivity index (χ0) is 19.9. The summed E-state index contributed by atoms with van der Waals surface area (Å²) in [5.41, 5.74) is 3.97. The van der Waals surface area contributed by atoms with Crippen LogP contribution < -0.4 is 5.32 Å². The van der Waals surface area contributed by atoms with Crippen molar-refractivity contribution in [2.45, 2.75) is 32.9 Å². The molecule has 2 aromatic carbocycles. The van der Waals surface area contributed by atoms with Crippen molar-refractivity contribution >= 4 is 11.8 Å². The third-order valence-electron chi connectivity index (χ3n) is 5.18. The number of carbonyl (C=O) groups excluding carboxylic acids is 2. The quantitative estimate of drug-likeness (QED) is 0.836. The summed E-state index contributed by atoms with van der Waals surface area (Å²) >= 11 is 0. The Morgan fingerprint density at radius 3 is 2.43 bits per heavy atom. The summed E-state index contributed by atoms with van der Waals surface area (Å²) in [6, 6.07) is 15.6. The van der Waals surface area contributed by atoms with Crippen molar-refractivity contribution in [3.63, 3.8) is 0 Å². The van der Waals surface area contributed by atoms with Crippen molar-refractivity contribution in [2.75, 3.05) is 20.2 Å². The summed E-state index contributed by atoms with van der Waals surface area (Å²) < 4.78 is 5.11. The first-order valence-electron chi connectivity index (χ1n) is 9.77. The molecule has 0 aromatic heterocycles. The van der Waals surface area contributed by atoms with Crippen molar-refractivity contribution in [3.8, 4) is 0 Å². The second-order valence-electron chi connectivity index (χ2n) is 7.42. The van der Waals surface area contributed by atoms with E-state index in [0.29, 0.717) is 31.8 Å². The molecule has 3 rings (SSSR count). The van der Waals surface area contributed by atoms with Gasteiger partial charge in [0.2, 0.25) is 5.91 Å². The fraction of sp³-hybridized carbons (Fsp3) is 0.391. The lowest BCUT2D eigenvalue weighted by atomic mass is 9.96. The maximum Gasteiger partial charge on any atom is 0.253 e. The van der Waals surface area contributed by atoms with Crippen LogP contribution in [0.1, 0.15) is 39.9 Å². The zero-order valence-corrected chi connectivity index (χ0v) is 16.6. The van der Waals surface area contributed by atoms with E-state index in [1.165, 1.54) is 0 Å². The van der Waals surface area contributed by atoms with Gasteiger partial charge >= 0.3 is 0 Å². The normalized spacial score (nSPS) is 16.6. The molecule has 1 N–H and O–H groups in total. The van der Waals surface area contributed by atoms with Crippen LogP contribution in [0.25, 0.3) is 0 Å². The molecular weight excluding hydrogens is 352 g/mol. The molecule has 1 heterocycles. The number of rotatable bonds is 6. The highest BCUT2D eigenvalue weighted by Gasteiger charge is 2.28. The predicted octanol–water partition coefficient (Wildman–Crippen LogP) is 3.31. The number of hydrogen-bond acceptors (Lipinski definition) is 3. The van der Waals surface area contributed by atoms with Crippen LogP contribution in [0.3, 0.4) is 0 Å². The Balaban J connectivity index is 1.53. The van der Waals surface area contributed by atoms with Crippen molar-refractivity contribution in [3.05, 3.63) is 70.8 Å². The van der Waals surface area contributed by atoms with E-state index in [9.17, 15) is 9.59 Å². The number of methoxy groups -OCH3 is 1. The minimum absolute atomic E-state index is 0.00577. The molecule has 5 nitrogen and oxygen atoms in total. The zero-order valence-electron chi connectivity index (χ0n) is 16.6. The van der Waals surface area contributed by atoms with E-state index in [-0.39, 0.29) is 17.7 Å². The largest absolute Gasteiger partial charge is 0.380 e. The molecule has 0 saturated carbocycles. The number of benzene rings is 2. The van der Waals surface area contributed by atoms with E-state index in [4.69, 9.17) is 4.74 Å². The molecule has 0 radical (unpaired) electrons. The van der Waals surface area contributed by atoms with Gasteiger partial charge in [0.05, 0.1) is 12.5 Å². The van der Waals surface area contributed by atoms with Gasteiger partial charge in [0.1, 0.15) is 0 Å². The van der Waals surface area contributed by atoms with Crippen LogP contribution in [-0.2, 0) is 22.7 Å². The Kier molecular flexibility index (Phi) is 6.82. The molecule has 1 atom stereocenters. The fourth-order valence-electron chi connectivity index (χ4n) is 3.51. The summed E-state index contributed by atoms with van der Waals surface area (Å²) in [4.78, 5) is 27.2. The standard InChI is InChI=1S/C23H28N2O3/c1-17-5-11-20(12-6-17)23(27)25-13-3-4-21(15-25)22(26)24-14-18-7-9-19(10-8-18)16-28-2/h5-12,21H,3-4,13-16H2,1-2H3,(H,24,26). The minimum atomic E-state index is -0.157. The Bertz CT molecular complexity index is 800. The Hall–Kier alpha value is -2.66. The average Bonchev–Trinajstić information content (AvgIpc) is 2.73. The Labute approximate surface area is 166 Å². The number of piperidine rings is 1. The maximum absolute atomic E-state index is 12.7. The molecule has 1 aliphatic rings. The topological polar surface area (TPSA) is 58.6 Å². The number of carbonyl (C=O) groups is 2. The van der Waals surface area contributed by atoms with Crippen LogP contribution in [0.4, 0.5) is 0 Å². The first kappa shape index (κ1) is 20.1. The van der Waals surface area contributed by atoms with Gasteiger partial charge in [-0.15, -0.1) is 0 Å². The molecule has 1 saturated heterocycles. The van der Waals surface area contributed by atoms with Gasteiger partial charge in [-0.05, 0) is 43.0 Å². The van der Waals surface area contributed by atoms with E-state index >= 15 is 0 Å². The highest BCUT2D eigenvalue weighted by Crippen LogP contribution is 2.19. The lowest BCUT2D eigenvalue weighted by Gasteiger charge is -2.32. The molecule has 5 heteroatoms. The molecule has 0 aliphatic carbocycles. The SMILES string of the molecule is COCc1ccc(CNC(=O)C2CCCN(C(=O)c3ccc(C)cc3)C2)cc1. The maximum atomic E-state index is 12.7. The highest BCUT2D eigenvalue weighted by atomic mass is 16.5. The predicted molar refractivity (Wildman–Crippen MR) is 109 cm³/mol. The molecule has 1 unspecified atom stereocenters. The number of nitrogens with one attached hydrogen (secondary N) is 1. The van der Waals surface area contributed by atoms with E-state index in [1.807, 2.05) is 55.5 Å². The van der Waals surface area contributed by atoms with Crippen LogP contribution in [-0.4, -0.2) is 36.9 Å². The summed E-state index contributed by atoms with van der Waals surface area (Å²) in [5.74, 6) is -0.135. The number of nitrogens with zero attached hydrogens (tertiary/aromatic N) is 1. The average molecular weight is 380 g/mol. The highest BCUT2D eigenvalue weighted by molar-refractivity contribution is 5.94. The monoisotopic (exact) mass is 380 g/mol. The van der Waals surface area contributed by atoms with E-state index in [0.717, 1.165) is 29.5 Å². The third kappa shape index (κ3) is 5.20. The Morgan fingerprint density at radius 2 is 1.75 bits per heavy atom. The summed E-state index contributed by atoms with van der Waals surface area (Å²) in [6.07, 6.45) is 1.66. The lowest BCUT2D eigenvalue weighted by molar-refractivity contribution is -0.126. The molecule has 2 aromatic rings. The van der Waals surface area contributed by atoms with E-state index in [1.54, 1.807) is 12.0 Å². The molecule has 148 valence electrons. The van der Waals surface area contributed by atoms with Gasteiger partial charge in [-0.3, -0.25) is 9.59 Å². The van der Waals surface area contributed by atoms with Crippen LogP contribution in [0.5, 0.6) is 0 Å². The first-order valence-corrected chi connectivity index (χ1v) is 9.77. The van der Waals surface area contributed by atoms with Crippen molar-refractivity contribution in [1.82, 2.24) is 10.2 Å². The van der Waals surface area contributed by atoms with Gasteiger partial charge in [-0.25, -0.2) is 0 Å². The van der Waals surface area contributed by atoms with Gasteiger partial charge in [0.15, 0.2) is 0 Å². The second kappa shape index (κ2) is 9.51. The van der Waals surface area contributed by atoms with Gasteiger partial charge < -0.3 is 15.0 Å². The fourth-order valence-corrected chi connectivity index (χ4v) is 3.51. The summed E-state index contributed by atoms with van der Waals surface area (Å²) in [5, 5.41) is 3.02. The molecule has 1 fully saturated rings. The molecule has 0 bridgehead atoms. The number of hydrogen-bond donors (Lipinski definition) is 1. The number of amides is 2. The molecular formula is C23H28N2O3. The van der Waals surface area contributed by atoms with E-state index < -0.39 is 0 Å². The number of ether oxygens (including phenoxy) is 1. The third-order valence-corrected chi connectivity index (χ3v) is 5.18. The first-order chi connectivity index (χ1) is 13.6. The van der Waals surface area contributed by atoms with Gasteiger partial charge in [0.25, 0.3) is 5.91 Å². The lowest BCUT2D eigenvalue weighted by Crippen LogP contribution is -2.45. The Morgan fingerprint density at radius 1 is 1.07 bits per heavy atom. The van der Waals surface area contributed by atoms with Crippen LogP contribution in [0.2, 0.25) is 0 Å².